The van der Waals surface area contributed by atoms with Crippen molar-refractivity contribution in [1.29, 1.82) is 0 Å². The largest absolute Gasteiger partial charge is 0.618 e. The van der Waals surface area contributed by atoms with E-state index in [4.69, 9.17) is 4.74 Å². The summed E-state index contributed by atoms with van der Waals surface area (Å²) in [7, 11) is 1.34. The Hall–Kier alpha value is -3.42. The molecule has 0 aliphatic rings. The van der Waals surface area contributed by atoms with Crippen LogP contribution in [-0.2, 0) is 9.53 Å². The molecule has 0 aliphatic heterocycles. The van der Waals surface area contributed by atoms with Gasteiger partial charge in [-0.15, -0.1) is 0 Å². The number of ether oxygens (including phenoxy) is 1. The van der Waals surface area contributed by atoms with E-state index in [1.54, 1.807) is 30.3 Å². The summed E-state index contributed by atoms with van der Waals surface area (Å²) < 4.78 is 5.49. The van der Waals surface area contributed by atoms with Crippen molar-refractivity contribution in [3.05, 3.63) is 71.2 Å². The highest BCUT2D eigenvalue weighted by Gasteiger charge is 2.29. The molecule has 0 bridgehead atoms. The van der Waals surface area contributed by atoms with Crippen LogP contribution in [0.2, 0.25) is 0 Å². The highest BCUT2D eigenvalue weighted by molar-refractivity contribution is 5.98. The van der Waals surface area contributed by atoms with Gasteiger partial charge in [0.05, 0.1) is 0 Å². The topological polar surface area (TPSA) is 111 Å². The maximum absolute atomic E-state index is 12.2. The lowest BCUT2D eigenvalue weighted by Crippen LogP contribution is -2.42. The monoisotopic (exact) mass is 329 g/mol. The molecule has 1 aromatic carbocycles. The third-order valence-electron chi connectivity index (χ3n) is 3.06. The van der Waals surface area contributed by atoms with Crippen molar-refractivity contribution in [3.63, 3.8) is 0 Å². The van der Waals surface area contributed by atoms with Crippen LogP contribution in [0.5, 0.6) is 0 Å². The second kappa shape index (κ2) is 7.73. The molecule has 3 amide bonds. The quantitative estimate of drug-likeness (QED) is 0.486. The molecule has 0 unspecified atom stereocenters. The molecule has 0 saturated heterocycles. The van der Waals surface area contributed by atoms with Crippen LogP contribution < -0.4 is 15.4 Å². The number of hydrogen-bond donors (Lipinski definition) is 2. The van der Waals surface area contributed by atoms with Gasteiger partial charge in [0.25, 0.3) is 5.91 Å². The number of aromatic nitrogens is 1. The lowest BCUT2D eigenvalue weighted by atomic mass is 10.1. The van der Waals surface area contributed by atoms with Gasteiger partial charge in [-0.2, -0.15) is 4.73 Å². The molecule has 2 N–H and O–H groups in total. The van der Waals surface area contributed by atoms with Gasteiger partial charge in [-0.3, -0.25) is 10.1 Å². The van der Waals surface area contributed by atoms with E-state index >= 15 is 0 Å². The molecule has 0 saturated carbocycles. The number of amides is 3. The van der Waals surface area contributed by atoms with Crippen LogP contribution in [0, 0.1) is 5.21 Å². The third-order valence-corrected chi connectivity index (χ3v) is 3.06. The summed E-state index contributed by atoms with van der Waals surface area (Å²) in [5.41, 5.74) is 0.0896. The van der Waals surface area contributed by atoms with Crippen LogP contribution in [0.1, 0.15) is 22.2 Å². The van der Waals surface area contributed by atoms with Crippen LogP contribution in [0.15, 0.2) is 54.7 Å². The zero-order valence-corrected chi connectivity index (χ0v) is 12.8. The van der Waals surface area contributed by atoms with Gasteiger partial charge >= 0.3 is 17.7 Å². The van der Waals surface area contributed by atoms with E-state index in [1.165, 1.54) is 25.2 Å². The van der Waals surface area contributed by atoms with Crippen LogP contribution in [-0.4, -0.2) is 25.0 Å². The Bertz CT molecular complexity index is 748. The van der Waals surface area contributed by atoms with Gasteiger partial charge in [0, 0.05) is 24.7 Å². The average molecular weight is 329 g/mol. The minimum Gasteiger partial charge on any atom is -0.618 e. The van der Waals surface area contributed by atoms with E-state index in [-0.39, 0.29) is 5.69 Å². The summed E-state index contributed by atoms with van der Waals surface area (Å²) in [6.45, 7) is 0. The Morgan fingerprint density at radius 3 is 2.38 bits per heavy atom. The number of carbonyl (C=O) groups is 3. The van der Waals surface area contributed by atoms with Crippen molar-refractivity contribution < 1.29 is 23.9 Å². The van der Waals surface area contributed by atoms with Crippen molar-refractivity contribution >= 4 is 17.9 Å². The predicted molar refractivity (Wildman–Crippen MR) is 82.6 cm³/mol. The molecule has 1 aromatic heterocycles. The number of nitrogens with zero attached hydrogens (tertiary/aromatic N) is 1. The fourth-order valence-corrected chi connectivity index (χ4v) is 1.89. The highest BCUT2D eigenvalue weighted by atomic mass is 16.6. The highest BCUT2D eigenvalue weighted by Crippen LogP contribution is 2.19. The van der Waals surface area contributed by atoms with Crippen LogP contribution in [0.3, 0.4) is 0 Å². The van der Waals surface area contributed by atoms with Crippen LogP contribution >= 0.6 is 0 Å². The van der Waals surface area contributed by atoms with E-state index < -0.39 is 24.0 Å². The SMILES string of the molecule is CNC(=O)NC(=O)[C@@H](OC(=O)c1cccc[n+]1[O-])c1ccccc1. The second-order valence-corrected chi connectivity index (χ2v) is 4.68. The fourth-order valence-electron chi connectivity index (χ4n) is 1.89. The van der Waals surface area contributed by atoms with E-state index in [9.17, 15) is 19.6 Å². The van der Waals surface area contributed by atoms with Gasteiger partial charge in [0.15, 0.2) is 6.20 Å². The molecule has 8 heteroatoms. The first-order valence-electron chi connectivity index (χ1n) is 6.99. The van der Waals surface area contributed by atoms with Crippen molar-refractivity contribution in [1.82, 2.24) is 10.6 Å². The summed E-state index contributed by atoms with van der Waals surface area (Å²) in [5.74, 6) is -1.81. The first-order valence-corrected chi connectivity index (χ1v) is 6.99. The van der Waals surface area contributed by atoms with Gasteiger partial charge in [-0.1, -0.05) is 30.3 Å². The molecule has 0 spiro atoms. The Morgan fingerprint density at radius 1 is 1.08 bits per heavy atom. The predicted octanol–water partition coefficient (Wildman–Crippen LogP) is 0.674. The van der Waals surface area contributed by atoms with E-state index in [1.807, 2.05) is 5.32 Å². The lowest BCUT2D eigenvalue weighted by molar-refractivity contribution is -0.608. The number of nitrogens with one attached hydrogen (secondary N) is 2. The third kappa shape index (κ3) is 4.07. The minimum absolute atomic E-state index is 0.272. The Balaban J connectivity index is 2.26. The summed E-state index contributed by atoms with van der Waals surface area (Å²) >= 11 is 0. The summed E-state index contributed by atoms with van der Waals surface area (Å²) in [6.07, 6.45) is -0.241. The molecule has 2 aromatic rings. The molecule has 0 aliphatic carbocycles. The smallest absolute Gasteiger partial charge is 0.406 e. The number of carbonyl (C=O) groups excluding carboxylic acids is 3. The van der Waals surface area contributed by atoms with E-state index in [0.29, 0.717) is 10.3 Å². The van der Waals surface area contributed by atoms with Crippen molar-refractivity contribution in [3.8, 4) is 0 Å². The zero-order chi connectivity index (χ0) is 17.5. The molecule has 1 atom stereocenters. The van der Waals surface area contributed by atoms with Crippen molar-refractivity contribution in [2.24, 2.45) is 0 Å². The van der Waals surface area contributed by atoms with Crippen LogP contribution in [0.25, 0.3) is 0 Å². The van der Waals surface area contributed by atoms with E-state index in [0.717, 1.165) is 6.20 Å². The maximum atomic E-state index is 12.2. The molecule has 124 valence electrons. The number of benzene rings is 1. The molecule has 8 nitrogen and oxygen atoms in total. The first kappa shape index (κ1) is 16.9. The molecule has 24 heavy (non-hydrogen) atoms. The Labute approximate surface area is 137 Å². The lowest BCUT2D eigenvalue weighted by Gasteiger charge is -2.17. The Kier molecular flexibility index (Phi) is 5.45. The molecular weight excluding hydrogens is 314 g/mol. The molecular formula is C16H15N3O5. The molecule has 2 rings (SSSR count). The second-order valence-electron chi connectivity index (χ2n) is 4.68. The number of urea groups is 1. The van der Waals surface area contributed by atoms with Gasteiger partial charge in [-0.05, 0) is 6.07 Å². The number of imide groups is 1. The Morgan fingerprint density at radius 2 is 1.75 bits per heavy atom. The van der Waals surface area contributed by atoms with Crippen LogP contribution in [0.4, 0.5) is 4.79 Å². The first-order chi connectivity index (χ1) is 11.5. The maximum Gasteiger partial charge on any atom is 0.406 e. The number of esters is 1. The van der Waals surface area contributed by atoms with Gasteiger partial charge in [0.1, 0.15) is 0 Å². The van der Waals surface area contributed by atoms with Gasteiger partial charge < -0.3 is 15.3 Å². The van der Waals surface area contributed by atoms with Gasteiger partial charge in [-0.25, -0.2) is 9.59 Å². The normalized spacial score (nSPS) is 11.2. The molecule has 0 radical (unpaired) electrons. The summed E-state index contributed by atoms with van der Waals surface area (Å²) in [6, 6.07) is 11.6. The minimum atomic E-state index is -1.38. The summed E-state index contributed by atoms with van der Waals surface area (Å²) in [5, 5.41) is 15.9. The standard InChI is InChI=1S/C16H15N3O5/c1-17-16(22)18-14(20)13(11-7-3-2-4-8-11)24-15(21)12-9-5-6-10-19(12)23/h2-10,13H,1H3,(H2,17,18,20,22)/t13-/m0/s1. The van der Waals surface area contributed by atoms with Crippen molar-refractivity contribution in [2.45, 2.75) is 6.10 Å². The number of pyridine rings is 1. The number of rotatable bonds is 4. The fraction of sp³-hybridized carbons (Fsp3) is 0.125. The van der Waals surface area contributed by atoms with E-state index in [2.05, 4.69) is 5.32 Å². The number of hydrogen-bond acceptors (Lipinski definition) is 5. The summed E-state index contributed by atoms with van der Waals surface area (Å²) in [4.78, 5) is 35.7. The molecule has 0 fully saturated rings. The van der Waals surface area contributed by atoms with Crippen molar-refractivity contribution in [2.75, 3.05) is 7.05 Å². The molecule has 1 heterocycles. The zero-order valence-electron chi connectivity index (χ0n) is 12.8. The average Bonchev–Trinajstić information content (AvgIpc) is 2.60. The van der Waals surface area contributed by atoms with Gasteiger partial charge in [0.2, 0.25) is 6.10 Å².